The van der Waals surface area contributed by atoms with E-state index in [-0.39, 0.29) is 11.7 Å². The largest absolute Gasteiger partial charge is 0.493 e. The molecular weight excluding hydrogens is 404 g/mol. The van der Waals surface area contributed by atoms with E-state index in [2.05, 4.69) is 12.2 Å². The number of unbranched alkanes of at least 4 members (excludes halogenated alkanes) is 2. The third-order valence-corrected chi connectivity index (χ3v) is 5.68. The third kappa shape index (κ3) is 6.19. The fraction of sp³-hybridized carbons (Fsp3) is 0.423. The van der Waals surface area contributed by atoms with Crippen LogP contribution in [0.3, 0.4) is 0 Å². The number of amides is 1. The zero-order valence-electron chi connectivity index (χ0n) is 19.1. The molecule has 32 heavy (non-hydrogen) atoms. The smallest absolute Gasteiger partial charge is 0.224 e. The van der Waals surface area contributed by atoms with Gasteiger partial charge in [-0.1, -0.05) is 31.9 Å². The Bertz CT molecular complexity index is 966. The van der Waals surface area contributed by atoms with Crippen LogP contribution in [-0.4, -0.2) is 37.7 Å². The Morgan fingerprint density at radius 3 is 2.47 bits per heavy atom. The number of aliphatic imine (C=N–C) groups is 1. The maximum Gasteiger partial charge on any atom is 0.224 e. The van der Waals surface area contributed by atoms with Gasteiger partial charge in [-0.15, -0.1) is 0 Å². The minimum atomic E-state index is -0.402. The summed E-state index contributed by atoms with van der Waals surface area (Å²) >= 11 is 0. The second kappa shape index (κ2) is 11.5. The van der Waals surface area contributed by atoms with Crippen molar-refractivity contribution in [3.8, 4) is 11.5 Å². The summed E-state index contributed by atoms with van der Waals surface area (Å²) in [5.41, 5.74) is 3.65. The van der Waals surface area contributed by atoms with Gasteiger partial charge in [0.25, 0.3) is 0 Å². The Hall–Kier alpha value is -3.15. The molecule has 3 rings (SSSR count). The maximum atomic E-state index is 12.5. The van der Waals surface area contributed by atoms with Crippen molar-refractivity contribution in [2.24, 2.45) is 4.99 Å². The number of benzene rings is 2. The van der Waals surface area contributed by atoms with Gasteiger partial charge in [-0.25, -0.2) is 0 Å². The Morgan fingerprint density at radius 2 is 1.78 bits per heavy atom. The van der Waals surface area contributed by atoms with Crippen LogP contribution >= 0.6 is 0 Å². The Balaban J connectivity index is 1.67. The topological polar surface area (TPSA) is 77.0 Å². The molecule has 1 amide bonds. The highest BCUT2D eigenvalue weighted by Gasteiger charge is 2.25. The summed E-state index contributed by atoms with van der Waals surface area (Å²) in [6, 6.07) is 13.0. The minimum absolute atomic E-state index is 0.0396. The number of anilines is 1. The number of Topliss-reactive ketones (excluding diaryl/α,β-unsaturated/α-hetero) is 1. The summed E-state index contributed by atoms with van der Waals surface area (Å²) in [4.78, 5) is 29.3. The first kappa shape index (κ1) is 23.5. The van der Waals surface area contributed by atoms with Crippen molar-refractivity contribution in [3.63, 3.8) is 0 Å². The van der Waals surface area contributed by atoms with Gasteiger partial charge in [0, 0.05) is 30.7 Å². The van der Waals surface area contributed by atoms with Crippen molar-refractivity contribution >= 4 is 23.1 Å². The van der Waals surface area contributed by atoms with Gasteiger partial charge in [0.15, 0.2) is 17.3 Å². The molecule has 0 aromatic heterocycles. The molecule has 1 N–H and O–H groups in total. The molecule has 6 heteroatoms. The van der Waals surface area contributed by atoms with Crippen molar-refractivity contribution in [3.05, 3.63) is 53.6 Å². The summed E-state index contributed by atoms with van der Waals surface area (Å²) in [7, 11) is 3.21. The van der Waals surface area contributed by atoms with Crippen molar-refractivity contribution < 1.29 is 19.1 Å². The first-order chi connectivity index (χ1) is 15.5. The van der Waals surface area contributed by atoms with Gasteiger partial charge >= 0.3 is 0 Å². The number of ether oxygens (including phenoxy) is 2. The number of ketones is 1. The number of hydrogen-bond acceptors (Lipinski definition) is 5. The molecule has 0 saturated heterocycles. The average Bonchev–Trinajstić information content (AvgIpc) is 2.81. The molecule has 1 atom stereocenters. The van der Waals surface area contributed by atoms with Gasteiger partial charge in [0.2, 0.25) is 5.91 Å². The van der Waals surface area contributed by atoms with Crippen LogP contribution in [0.2, 0.25) is 0 Å². The number of rotatable bonds is 10. The molecule has 0 radical (unpaired) electrons. The molecule has 0 spiro atoms. The summed E-state index contributed by atoms with van der Waals surface area (Å²) < 4.78 is 10.7. The first-order valence-corrected chi connectivity index (χ1v) is 11.2. The lowest BCUT2D eigenvalue weighted by atomic mass is 9.93. The highest BCUT2D eigenvalue weighted by molar-refractivity contribution is 6.06. The fourth-order valence-corrected chi connectivity index (χ4v) is 3.83. The Morgan fingerprint density at radius 1 is 1.03 bits per heavy atom. The zero-order chi connectivity index (χ0) is 22.9. The van der Waals surface area contributed by atoms with E-state index in [0.717, 1.165) is 41.8 Å². The van der Waals surface area contributed by atoms with Crippen LogP contribution in [0.1, 0.15) is 56.6 Å². The maximum absolute atomic E-state index is 12.5. The van der Waals surface area contributed by atoms with Crippen LogP contribution in [0.5, 0.6) is 11.5 Å². The highest BCUT2D eigenvalue weighted by atomic mass is 16.5. The molecule has 1 unspecified atom stereocenters. The van der Waals surface area contributed by atoms with Crippen molar-refractivity contribution in [1.29, 1.82) is 0 Å². The standard InChI is InChI=1S/C26H32N2O4/c1-4-5-6-7-26(30)27-20-11-8-18(9-12-20)16-22-23(29)14-13-21(28-22)19-10-15-24(31-2)25(17-19)32-3/h8-12,15,17,22H,4-7,13-14,16H2,1-3H3,(H,27,30). The molecule has 0 saturated carbocycles. The van der Waals surface area contributed by atoms with Crippen molar-refractivity contribution in [1.82, 2.24) is 0 Å². The van der Waals surface area contributed by atoms with E-state index in [1.165, 1.54) is 0 Å². The van der Waals surface area contributed by atoms with Gasteiger partial charge in [-0.2, -0.15) is 0 Å². The van der Waals surface area contributed by atoms with Gasteiger partial charge in [0.1, 0.15) is 6.04 Å². The Labute approximate surface area is 190 Å². The third-order valence-electron chi connectivity index (χ3n) is 5.68. The van der Waals surface area contributed by atoms with Crippen LogP contribution < -0.4 is 14.8 Å². The first-order valence-electron chi connectivity index (χ1n) is 11.2. The highest BCUT2D eigenvalue weighted by Crippen LogP contribution is 2.29. The van der Waals surface area contributed by atoms with Crippen molar-refractivity contribution in [2.45, 2.75) is 57.9 Å². The summed E-state index contributed by atoms with van der Waals surface area (Å²) in [6.07, 6.45) is 5.24. The van der Waals surface area contributed by atoms with E-state index in [1.54, 1.807) is 14.2 Å². The number of nitrogens with zero attached hydrogens (tertiary/aromatic N) is 1. The molecule has 1 aliphatic rings. The van der Waals surface area contributed by atoms with Gasteiger partial charge in [0.05, 0.1) is 14.2 Å². The monoisotopic (exact) mass is 436 g/mol. The van der Waals surface area contributed by atoms with Crippen LogP contribution in [-0.2, 0) is 16.0 Å². The number of methoxy groups -OCH3 is 2. The molecular formula is C26H32N2O4. The summed E-state index contributed by atoms with van der Waals surface area (Å²) in [5, 5.41) is 2.93. The van der Waals surface area contributed by atoms with Crippen molar-refractivity contribution in [2.75, 3.05) is 19.5 Å². The molecule has 1 heterocycles. The van der Waals surface area contributed by atoms with Gasteiger partial charge in [-0.3, -0.25) is 14.6 Å². The Kier molecular flexibility index (Phi) is 8.42. The lowest BCUT2D eigenvalue weighted by Gasteiger charge is -2.20. The van der Waals surface area contributed by atoms with E-state index < -0.39 is 6.04 Å². The molecule has 170 valence electrons. The fourth-order valence-electron chi connectivity index (χ4n) is 3.83. The van der Waals surface area contributed by atoms with E-state index in [9.17, 15) is 9.59 Å². The quantitative estimate of drug-likeness (QED) is 0.533. The second-order valence-corrected chi connectivity index (χ2v) is 8.03. The molecule has 6 nitrogen and oxygen atoms in total. The van der Waals surface area contributed by atoms with Crippen LogP contribution in [0.25, 0.3) is 0 Å². The van der Waals surface area contributed by atoms with Crippen LogP contribution in [0.15, 0.2) is 47.5 Å². The van der Waals surface area contributed by atoms with Gasteiger partial charge < -0.3 is 14.8 Å². The SMILES string of the molecule is CCCCCC(=O)Nc1ccc(CC2N=C(c3ccc(OC)c(OC)c3)CCC2=O)cc1. The summed E-state index contributed by atoms with van der Waals surface area (Å²) in [5.74, 6) is 1.51. The molecule has 0 bridgehead atoms. The molecule has 2 aromatic carbocycles. The van der Waals surface area contributed by atoms with E-state index >= 15 is 0 Å². The molecule has 1 aliphatic heterocycles. The van der Waals surface area contributed by atoms with Crippen LogP contribution in [0, 0.1) is 0 Å². The van der Waals surface area contributed by atoms with E-state index in [4.69, 9.17) is 14.5 Å². The number of hydrogen-bond donors (Lipinski definition) is 1. The average molecular weight is 437 g/mol. The molecule has 0 aliphatic carbocycles. The zero-order valence-corrected chi connectivity index (χ0v) is 19.1. The number of nitrogens with one attached hydrogen (secondary N) is 1. The number of carbonyl (C=O) groups excluding carboxylic acids is 2. The lowest BCUT2D eigenvalue weighted by molar-refractivity contribution is -0.120. The molecule has 0 fully saturated rings. The van der Waals surface area contributed by atoms with E-state index in [1.807, 2.05) is 42.5 Å². The molecule has 2 aromatic rings. The predicted molar refractivity (Wildman–Crippen MR) is 127 cm³/mol. The van der Waals surface area contributed by atoms with E-state index in [0.29, 0.717) is 37.2 Å². The minimum Gasteiger partial charge on any atom is -0.493 e. The second-order valence-electron chi connectivity index (χ2n) is 8.03. The lowest BCUT2D eigenvalue weighted by Crippen LogP contribution is -2.28. The summed E-state index contributed by atoms with van der Waals surface area (Å²) in [6.45, 7) is 2.12. The normalized spacial score (nSPS) is 15.8. The van der Waals surface area contributed by atoms with Crippen LogP contribution in [0.4, 0.5) is 5.69 Å². The predicted octanol–water partition coefficient (Wildman–Crippen LogP) is 4.99. The van der Waals surface area contributed by atoms with Gasteiger partial charge in [-0.05, 0) is 54.3 Å². The number of carbonyl (C=O) groups is 2.